The Morgan fingerprint density at radius 2 is 2.25 bits per heavy atom. The van der Waals surface area contributed by atoms with Gasteiger partial charge in [-0.1, -0.05) is 11.6 Å². The summed E-state index contributed by atoms with van der Waals surface area (Å²) in [4.78, 5) is 19.6. The number of methoxy groups -OCH3 is 1. The van der Waals surface area contributed by atoms with Gasteiger partial charge in [-0.25, -0.2) is 9.78 Å². The van der Waals surface area contributed by atoms with Crippen LogP contribution in [0.2, 0.25) is 5.15 Å². The minimum absolute atomic E-state index is 0.279. The second kappa shape index (κ2) is 4.35. The topological polar surface area (TPSA) is 52.1 Å². The maximum absolute atomic E-state index is 11.4. The highest BCUT2D eigenvalue weighted by atomic mass is 79.9. The van der Waals surface area contributed by atoms with Crippen molar-refractivity contribution in [2.75, 3.05) is 7.11 Å². The van der Waals surface area contributed by atoms with Crippen LogP contribution in [0, 0.1) is 0 Å². The fraction of sp³-hybridized carbons (Fsp3) is 0.100. The second-order valence-electron chi connectivity index (χ2n) is 3.01. The summed E-state index contributed by atoms with van der Waals surface area (Å²) in [5.41, 5.74) is 1.60. The van der Waals surface area contributed by atoms with Gasteiger partial charge < -0.3 is 4.74 Å². The van der Waals surface area contributed by atoms with Crippen LogP contribution in [-0.2, 0) is 4.74 Å². The van der Waals surface area contributed by atoms with Crippen molar-refractivity contribution in [3.63, 3.8) is 0 Å². The summed E-state index contributed by atoms with van der Waals surface area (Å²) in [6, 6.07) is 3.22. The SMILES string of the molecule is COC(=O)c1cc(Br)c2ncc(Cl)nc2c1. The summed E-state index contributed by atoms with van der Waals surface area (Å²) in [6.45, 7) is 0. The number of nitrogens with zero attached hydrogens (tertiary/aromatic N) is 2. The fourth-order valence-corrected chi connectivity index (χ4v) is 1.99. The van der Waals surface area contributed by atoms with Gasteiger partial charge in [-0.3, -0.25) is 4.98 Å². The number of hydrogen-bond donors (Lipinski definition) is 0. The number of esters is 1. The van der Waals surface area contributed by atoms with E-state index >= 15 is 0 Å². The number of fused-ring (bicyclic) bond motifs is 1. The lowest BCUT2D eigenvalue weighted by molar-refractivity contribution is 0.0601. The summed E-state index contributed by atoms with van der Waals surface area (Å²) in [5, 5.41) is 0.279. The number of halogens is 2. The van der Waals surface area contributed by atoms with Gasteiger partial charge >= 0.3 is 5.97 Å². The number of carbonyl (C=O) groups excluding carboxylic acids is 1. The lowest BCUT2D eigenvalue weighted by atomic mass is 10.2. The highest BCUT2D eigenvalue weighted by Crippen LogP contribution is 2.24. The lowest BCUT2D eigenvalue weighted by Crippen LogP contribution is -2.01. The third-order valence-corrected chi connectivity index (χ3v) is 2.78. The molecule has 1 heterocycles. The van der Waals surface area contributed by atoms with Crippen molar-refractivity contribution < 1.29 is 9.53 Å². The van der Waals surface area contributed by atoms with Crippen LogP contribution in [0.25, 0.3) is 11.0 Å². The van der Waals surface area contributed by atoms with E-state index < -0.39 is 5.97 Å². The summed E-state index contributed by atoms with van der Waals surface area (Å²) in [7, 11) is 1.32. The predicted molar refractivity (Wildman–Crippen MR) is 63.6 cm³/mol. The van der Waals surface area contributed by atoms with Gasteiger partial charge in [-0.2, -0.15) is 0 Å². The Bertz CT molecular complexity index is 574. The Morgan fingerprint density at radius 3 is 2.94 bits per heavy atom. The molecule has 0 bridgehead atoms. The first-order chi connectivity index (χ1) is 7.61. The quantitative estimate of drug-likeness (QED) is 0.760. The van der Waals surface area contributed by atoms with Gasteiger partial charge in [0.05, 0.1) is 24.4 Å². The van der Waals surface area contributed by atoms with Gasteiger partial charge in [-0.05, 0) is 28.1 Å². The lowest BCUT2D eigenvalue weighted by Gasteiger charge is -2.03. The number of ether oxygens (including phenoxy) is 1. The zero-order chi connectivity index (χ0) is 11.7. The van der Waals surface area contributed by atoms with Gasteiger partial charge in [0.15, 0.2) is 0 Å². The summed E-state index contributed by atoms with van der Waals surface area (Å²) in [6.07, 6.45) is 1.45. The molecule has 0 unspecified atom stereocenters. The molecule has 1 aromatic carbocycles. The summed E-state index contributed by atoms with van der Waals surface area (Å²) < 4.78 is 5.30. The molecule has 0 atom stereocenters. The average Bonchev–Trinajstić information content (AvgIpc) is 2.27. The van der Waals surface area contributed by atoms with E-state index in [4.69, 9.17) is 11.6 Å². The number of aromatic nitrogens is 2. The first-order valence-corrected chi connectivity index (χ1v) is 5.49. The third-order valence-electron chi connectivity index (χ3n) is 1.99. The highest BCUT2D eigenvalue weighted by Gasteiger charge is 2.11. The Morgan fingerprint density at radius 1 is 1.50 bits per heavy atom. The minimum Gasteiger partial charge on any atom is -0.465 e. The molecule has 0 N–H and O–H groups in total. The molecule has 16 heavy (non-hydrogen) atoms. The van der Waals surface area contributed by atoms with Crippen LogP contribution in [0.5, 0.6) is 0 Å². The van der Waals surface area contributed by atoms with Crippen molar-refractivity contribution >= 4 is 44.5 Å². The van der Waals surface area contributed by atoms with Crippen molar-refractivity contribution in [1.29, 1.82) is 0 Å². The molecule has 2 rings (SSSR count). The van der Waals surface area contributed by atoms with Crippen molar-refractivity contribution in [2.45, 2.75) is 0 Å². The number of hydrogen-bond acceptors (Lipinski definition) is 4. The van der Waals surface area contributed by atoms with E-state index in [-0.39, 0.29) is 5.15 Å². The van der Waals surface area contributed by atoms with Crippen LogP contribution in [0.3, 0.4) is 0 Å². The Labute approximate surface area is 105 Å². The number of rotatable bonds is 1. The molecule has 6 heteroatoms. The monoisotopic (exact) mass is 300 g/mol. The third kappa shape index (κ3) is 2.01. The Hall–Kier alpha value is -1.20. The largest absolute Gasteiger partial charge is 0.465 e. The van der Waals surface area contributed by atoms with Crippen LogP contribution in [0.15, 0.2) is 22.8 Å². The van der Waals surface area contributed by atoms with E-state index in [1.807, 2.05) is 0 Å². The maximum atomic E-state index is 11.4. The standard InChI is InChI=1S/C10H6BrClN2O2/c1-16-10(15)5-2-6(11)9-7(3-5)14-8(12)4-13-9/h2-4H,1H3. The van der Waals surface area contributed by atoms with Crippen LogP contribution >= 0.6 is 27.5 Å². The molecular weight excluding hydrogens is 295 g/mol. The van der Waals surface area contributed by atoms with Gasteiger partial charge in [-0.15, -0.1) is 0 Å². The van der Waals surface area contributed by atoms with E-state index in [9.17, 15) is 4.79 Å². The van der Waals surface area contributed by atoms with Crippen molar-refractivity contribution in [2.24, 2.45) is 0 Å². The normalized spacial score (nSPS) is 10.4. The zero-order valence-corrected chi connectivity index (χ0v) is 10.5. The van der Waals surface area contributed by atoms with Crippen LogP contribution in [-0.4, -0.2) is 23.0 Å². The highest BCUT2D eigenvalue weighted by molar-refractivity contribution is 9.10. The average molecular weight is 302 g/mol. The minimum atomic E-state index is -0.427. The summed E-state index contributed by atoms with van der Waals surface area (Å²) >= 11 is 9.05. The molecule has 1 aromatic heterocycles. The van der Waals surface area contributed by atoms with E-state index in [0.29, 0.717) is 21.1 Å². The molecule has 0 aliphatic rings. The van der Waals surface area contributed by atoms with Gasteiger partial charge in [0.25, 0.3) is 0 Å². The maximum Gasteiger partial charge on any atom is 0.337 e. The van der Waals surface area contributed by atoms with Crippen molar-refractivity contribution in [1.82, 2.24) is 9.97 Å². The molecule has 2 aromatic rings. The first kappa shape index (κ1) is 11.3. The van der Waals surface area contributed by atoms with Crippen LogP contribution < -0.4 is 0 Å². The van der Waals surface area contributed by atoms with E-state index in [2.05, 4.69) is 30.6 Å². The van der Waals surface area contributed by atoms with Gasteiger partial charge in [0.1, 0.15) is 10.7 Å². The Balaban J connectivity index is 2.69. The van der Waals surface area contributed by atoms with Crippen LogP contribution in [0.4, 0.5) is 0 Å². The number of carbonyl (C=O) groups is 1. The molecule has 4 nitrogen and oxygen atoms in total. The molecule has 0 radical (unpaired) electrons. The molecule has 0 amide bonds. The second-order valence-corrected chi connectivity index (χ2v) is 4.25. The van der Waals surface area contributed by atoms with E-state index in [1.165, 1.54) is 13.3 Å². The smallest absolute Gasteiger partial charge is 0.337 e. The van der Waals surface area contributed by atoms with Crippen LogP contribution in [0.1, 0.15) is 10.4 Å². The fourth-order valence-electron chi connectivity index (χ4n) is 1.30. The molecule has 0 fully saturated rings. The van der Waals surface area contributed by atoms with Gasteiger partial charge in [0, 0.05) is 4.47 Å². The Kier molecular flexibility index (Phi) is 3.07. The van der Waals surface area contributed by atoms with Crippen molar-refractivity contribution in [3.05, 3.63) is 33.5 Å². The molecule has 0 aliphatic carbocycles. The van der Waals surface area contributed by atoms with E-state index in [1.54, 1.807) is 12.1 Å². The molecule has 82 valence electrons. The number of benzene rings is 1. The van der Waals surface area contributed by atoms with Gasteiger partial charge in [0.2, 0.25) is 0 Å². The molecular formula is C10H6BrClN2O2. The molecule has 0 saturated heterocycles. The molecule has 0 spiro atoms. The van der Waals surface area contributed by atoms with E-state index in [0.717, 1.165) is 0 Å². The molecule has 0 saturated carbocycles. The first-order valence-electron chi connectivity index (χ1n) is 4.32. The zero-order valence-electron chi connectivity index (χ0n) is 8.20. The van der Waals surface area contributed by atoms with Crippen molar-refractivity contribution in [3.8, 4) is 0 Å². The summed E-state index contributed by atoms with van der Waals surface area (Å²) in [5.74, 6) is -0.427. The molecule has 0 aliphatic heterocycles. The predicted octanol–water partition coefficient (Wildman–Crippen LogP) is 2.83.